The van der Waals surface area contributed by atoms with Crippen molar-refractivity contribution >= 4 is 17.7 Å². The number of hydrogen-bond donors (Lipinski definition) is 0. The van der Waals surface area contributed by atoms with Gasteiger partial charge in [-0.1, -0.05) is 29.5 Å². The van der Waals surface area contributed by atoms with E-state index < -0.39 is 0 Å². The number of amides is 1. The molecule has 1 aromatic heterocycles. The van der Waals surface area contributed by atoms with Crippen molar-refractivity contribution in [1.82, 2.24) is 15.1 Å². The first kappa shape index (κ1) is 16.1. The van der Waals surface area contributed by atoms with Crippen LogP contribution in [-0.2, 0) is 4.79 Å². The molecule has 0 N–H and O–H groups in total. The third-order valence-corrected chi connectivity index (χ3v) is 4.92. The second-order valence-electron chi connectivity index (χ2n) is 5.89. The fourth-order valence-corrected chi connectivity index (χ4v) is 3.41. The van der Waals surface area contributed by atoms with Crippen LogP contribution in [0.15, 0.2) is 33.9 Å². The maximum atomic E-state index is 12.4. The highest BCUT2D eigenvalue weighted by atomic mass is 32.2. The predicted molar refractivity (Wildman–Crippen MR) is 90.2 cm³/mol. The van der Waals surface area contributed by atoms with Gasteiger partial charge in [-0.15, -0.1) is 10.2 Å². The van der Waals surface area contributed by atoms with Gasteiger partial charge in [0.05, 0.1) is 5.25 Å². The minimum Gasteiger partial charge on any atom is -0.411 e. The number of benzene rings is 1. The molecule has 0 bridgehead atoms. The number of hydrogen-bond acceptors (Lipinski definition) is 5. The van der Waals surface area contributed by atoms with E-state index in [9.17, 15) is 4.79 Å². The summed E-state index contributed by atoms with van der Waals surface area (Å²) in [5.74, 6) is 0.648. The van der Waals surface area contributed by atoms with Crippen molar-refractivity contribution in [2.45, 2.75) is 43.6 Å². The van der Waals surface area contributed by atoms with Gasteiger partial charge in [0.2, 0.25) is 11.8 Å². The molecule has 0 radical (unpaired) electrons. The number of aromatic nitrogens is 2. The van der Waals surface area contributed by atoms with Crippen LogP contribution in [0.4, 0.5) is 0 Å². The Kier molecular flexibility index (Phi) is 5.00. The minimum absolute atomic E-state index is 0.157. The number of carbonyl (C=O) groups is 1. The minimum atomic E-state index is -0.209. The average molecular weight is 331 g/mol. The summed E-state index contributed by atoms with van der Waals surface area (Å²) in [6, 6.07) is 7.93. The van der Waals surface area contributed by atoms with E-state index in [-0.39, 0.29) is 11.2 Å². The van der Waals surface area contributed by atoms with Crippen LogP contribution < -0.4 is 0 Å². The summed E-state index contributed by atoms with van der Waals surface area (Å²) in [6.07, 6.45) is 3.41. The number of rotatable bonds is 4. The van der Waals surface area contributed by atoms with Crippen molar-refractivity contribution in [3.8, 4) is 11.5 Å². The number of thioether (sulfide) groups is 1. The highest BCUT2D eigenvalue weighted by molar-refractivity contribution is 8.00. The Hall–Kier alpha value is -1.82. The molecule has 23 heavy (non-hydrogen) atoms. The fourth-order valence-electron chi connectivity index (χ4n) is 2.64. The van der Waals surface area contributed by atoms with E-state index in [0.29, 0.717) is 11.1 Å². The zero-order valence-electron chi connectivity index (χ0n) is 13.5. The van der Waals surface area contributed by atoms with Gasteiger partial charge in [-0.05, 0) is 45.2 Å². The monoisotopic (exact) mass is 331 g/mol. The quantitative estimate of drug-likeness (QED) is 0.802. The molecule has 5 nitrogen and oxygen atoms in total. The van der Waals surface area contributed by atoms with Crippen LogP contribution >= 0.6 is 11.8 Å². The molecule has 0 saturated carbocycles. The standard InChI is InChI=1S/C17H21N3O2S/c1-12-6-8-14(9-7-12)15-18-19-17(22-15)23-13(2)16(21)20-10-4-3-5-11-20/h6-9,13H,3-5,10-11H2,1-2H3/t13-/m1/s1. The first-order valence-corrected chi connectivity index (χ1v) is 8.87. The lowest BCUT2D eigenvalue weighted by molar-refractivity contribution is -0.131. The summed E-state index contributed by atoms with van der Waals surface area (Å²) < 4.78 is 5.69. The van der Waals surface area contributed by atoms with Gasteiger partial charge < -0.3 is 9.32 Å². The van der Waals surface area contributed by atoms with E-state index in [1.54, 1.807) is 0 Å². The molecule has 3 rings (SSSR count). The lowest BCUT2D eigenvalue weighted by atomic mass is 10.1. The van der Waals surface area contributed by atoms with Crippen molar-refractivity contribution in [1.29, 1.82) is 0 Å². The Balaban J connectivity index is 1.64. The van der Waals surface area contributed by atoms with Crippen LogP contribution in [0, 0.1) is 6.92 Å². The van der Waals surface area contributed by atoms with Crippen LogP contribution in [0.2, 0.25) is 0 Å². The molecule has 2 aromatic rings. The van der Waals surface area contributed by atoms with Gasteiger partial charge in [0.1, 0.15) is 0 Å². The molecule has 122 valence electrons. The van der Waals surface area contributed by atoms with Gasteiger partial charge in [0.25, 0.3) is 5.22 Å². The van der Waals surface area contributed by atoms with Gasteiger partial charge in [-0.2, -0.15) is 0 Å². The molecule has 0 aliphatic carbocycles. The van der Waals surface area contributed by atoms with Crippen molar-refractivity contribution < 1.29 is 9.21 Å². The molecule has 2 heterocycles. The second-order valence-corrected chi connectivity index (χ2v) is 7.18. The summed E-state index contributed by atoms with van der Waals surface area (Å²) in [4.78, 5) is 14.4. The number of nitrogens with zero attached hydrogens (tertiary/aromatic N) is 3. The Labute approximate surface area is 140 Å². The first-order valence-electron chi connectivity index (χ1n) is 7.99. The van der Waals surface area contributed by atoms with Gasteiger partial charge in [0, 0.05) is 18.7 Å². The highest BCUT2D eigenvalue weighted by Crippen LogP contribution is 2.27. The highest BCUT2D eigenvalue weighted by Gasteiger charge is 2.24. The molecule has 0 unspecified atom stereocenters. The van der Waals surface area contributed by atoms with Crippen LogP contribution in [0.3, 0.4) is 0 Å². The Morgan fingerprint density at radius 2 is 1.87 bits per heavy atom. The fraction of sp³-hybridized carbons (Fsp3) is 0.471. The normalized spacial score (nSPS) is 16.3. The number of likely N-dealkylation sites (tertiary alicyclic amines) is 1. The third kappa shape index (κ3) is 3.93. The number of piperidine rings is 1. The summed E-state index contributed by atoms with van der Waals surface area (Å²) in [5, 5.41) is 8.37. The zero-order chi connectivity index (χ0) is 16.2. The van der Waals surface area contributed by atoms with Crippen LogP contribution in [-0.4, -0.2) is 39.3 Å². The third-order valence-electron chi connectivity index (χ3n) is 4.00. The predicted octanol–water partition coefficient (Wildman–Crippen LogP) is 3.54. The second kappa shape index (κ2) is 7.17. The van der Waals surface area contributed by atoms with Crippen molar-refractivity contribution in [3.05, 3.63) is 29.8 Å². The molecular weight excluding hydrogens is 310 g/mol. The van der Waals surface area contributed by atoms with Crippen molar-refractivity contribution in [3.63, 3.8) is 0 Å². The Bertz CT molecular complexity index is 663. The zero-order valence-corrected chi connectivity index (χ0v) is 14.3. The van der Waals surface area contributed by atoms with E-state index in [4.69, 9.17) is 4.42 Å². The maximum Gasteiger partial charge on any atom is 0.277 e. The molecule has 1 saturated heterocycles. The van der Waals surface area contributed by atoms with Gasteiger partial charge in [-0.3, -0.25) is 4.79 Å². The Morgan fingerprint density at radius 1 is 1.17 bits per heavy atom. The van der Waals surface area contributed by atoms with E-state index in [2.05, 4.69) is 10.2 Å². The van der Waals surface area contributed by atoms with Crippen molar-refractivity contribution in [2.24, 2.45) is 0 Å². The van der Waals surface area contributed by atoms with Gasteiger partial charge in [-0.25, -0.2) is 0 Å². The molecule has 6 heteroatoms. The van der Waals surface area contributed by atoms with Crippen molar-refractivity contribution in [2.75, 3.05) is 13.1 Å². The maximum absolute atomic E-state index is 12.4. The summed E-state index contributed by atoms with van der Waals surface area (Å²) in [7, 11) is 0. The molecular formula is C17H21N3O2S. The lowest BCUT2D eigenvalue weighted by Crippen LogP contribution is -2.40. The summed E-state index contributed by atoms with van der Waals surface area (Å²) >= 11 is 1.33. The number of aryl methyl sites for hydroxylation is 1. The lowest BCUT2D eigenvalue weighted by Gasteiger charge is -2.28. The van der Waals surface area contributed by atoms with Crippen LogP contribution in [0.1, 0.15) is 31.7 Å². The smallest absolute Gasteiger partial charge is 0.277 e. The number of carbonyl (C=O) groups excluding carboxylic acids is 1. The SMILES string of the molecule is Cc1ccc(-c2nnc(S[C@H](C)C(=O)N3CCCCC3)o2)cc1. The molecule has 1 atom stereocenters. The van der Waals surface area contributed by atoms with Crippen LogP contribution in [0.5, 0.6) is 0 Å². The topological polar surface area (TPSA) is 59.2 Å². The molecule has 1 fully saturated rings. The van der Waals surface area contributed by atoms with E-state index in [1.807, 2.05) is 43.0 Å². The molecule has 1 aliphatic rings. The van der Waals surface area contributed by atoms with Crippen LogP contribution in [0.25, 0.3) is 11.5 Å². The van der Waals surface area contributed by atoms with E-state index in [1.165, 1.54) is 23.7 Å². The average Bonchev–Trinajstić information content (AvgIpc) is 3.04. The summed E-state index contributed by atoms with van der Waals surface area (Å²) in [5.41, 5.74) is 2.08. The summed E-state index contributed by atoms with van der Waals surface area (Å²) in [6.45, 7) is 5.66. The molecule has 1 aliphatic heterocycles. The van der Waals surface area contributed by atoms with E-state index >= 15 is 0 Å². The Morgan fingerprint density at radius 3 is 2.57 bits per heavy atom. The van der Waals surface area contributed by atoms with E-state index in [0.717, 1.165) is 31.5 Å². The largest absolute Gasteiger partial charge is 0.411 e. The molecule has 1 amide bonds. The molecule has 1 aromatic carbocycles. The van der Waals surface area contributed by atoms with Gasteiger partial charge in [0.15, 0.2) is 0 Å². The van der Waals surface area contributed by atoms with Gasteiger partial charge >= 0.3 is 0 Å². The molecule has 0 spiro atoms. The first-order chi connectivity index (χ1) is 11.1.